The van der Waals surface area contributed by atoms with Crippen molar-refractivity contribution < 1.29 is 90.0 Å². The molecule has 21 nitrogen and oxygen atoms in total. The number of allylic oxidation sites excluding steroid dienone is 4. The molecule has 2 heterocycles. The molecule has 75 heavy (non-hydrogen) atoms. The fourth-order valence-electron chi connectivity index (χ4n) is 9.97. The summed E-state index contributed by atoms with van der Waals surface area (Å²) in [6.45, 7) is 12.4. The van der Waals surface area contributed by atoms with Crippen molar-refractivity contribution in [2.24, 2.45) is 0 Å². The molecule has 0 spiro atoms. The fraction of sp³-hybridized carbons (Fsp3) is 0.480. The normalized spacial score (nSPS) is 17.7. The Hall–Kier alpha value is -4.74. The zero-order valence-corrected chi connectivity index (χ0v) is 45.7. The van der Waals surface area contributed by atoms with Crippen molar-refractivity contribution >= 4 is 85.1 Å². The first-order valence-corrected chi connectivity index (χ1v) is 29.6. The van der Waals surface area contributed by atoms with Crippen molar-refractivity contribution in [3.63, 3.8) is 0 Å². The van der Waals surface area contributed by atoms with Crippen molar-refractivity contribution in [2.75, 3.05) is 84.6 Å². The van der Waals surface area contributed by atoms with E-state index in [4.69, 9.17) is 23.7 Å². The maximum atomic E-state index is 12.8. The molecule has 25 heteroatoms. The molecule has 412 valence electrons. The summed E-state index contributed by atoms with van der Waals surface area (Å²) < 4.78 is 181. The highest BCUT2D eigenvalue weighted by atomic mass is 32.2. The Morgan fingerprint density at radius 1 is 0.653 bits per heavy atom. The first kappa shape index (κ1) is 59.5. The summed E-state index contributed by atoms with van der Waals surface area (Å²) in [5, 5.41) is 9.25. The van der Waals surface area contributed by atoms with Crippen LogP contribution < -0.4 is 4.90 Å². The lowest BCUT2D eigenvalue weighted by Gasteiger charge is -2.31. The minimum absolute atomic E-state index is 0.0133. The minimum Gasteiger partial charge on any atom is -0.744 e. The summed E-state index contributed by atoms with van der Waals surface area (Å²) in [5.74, 6) is -0.969. The molecule has 6 rings (SSSR count). The third-order valence-corrected chi connectivity index (χ3v) is 16.8. The Kier molecular flexibility index (Phi) is 18.9. The maximum Gasteiger partial charge on any atom is 0.303 e. The summed E-state index contributed by atoms with van der Waals surface area (Å²) >= 11 is 0. The number of unbranched alkanes of at least 4 members (excludes halogenated alkanes) is 2. The average molecular weight is 1120 g/mol. The number of carboxylic acids is 1. The number of hydrogen-bond donors (Lipinski definition) is 1. The monoisotopic (exact) mass is 1120 g/mol. The van der Waals surface area contributed by atoms with Gasteiger partial charge in [0, 0.05) is 66.6 Å². The average Bonchev–Trinajstić information content (AvgIpc) is 3.68. The van der Waals surface area contributed by atoms with Crippen LogP contribution in [-0.2, 0) is 79.8 Å². The number of fused-ring (bicyclic) bond motifs is 6. The SMILES string of the molecule is CC[N+]1=C(/C=C(C)/C=C2/N(CCCCCC(=O)O)c3ccc4c(S(=O)(=O)[O-])cc(S(=O)(=O)[O-])cc4c3C2(C)CCOCCOCCOCCOCCOC)C(C)(C)c2c1ccc1c(S(=O)(=O)[O-])cc(S(=O)(=O)[O-])cc21. The third kappa shape index (κ3) is 13.5. The highest BCUT2D eigenvalue weighted by molar-refractivity contribution is 7.87. The second-order valence-electron chi connectivity index (χ2n) is 18.8. The molecule has 4 aromatic rings. The van der Waals surface area contributed by atoms with Gasteiger partial charge in [0.15, 0.2) is 5.71 Å². The molecule has 0 fully saturated rings. The molecule has 0 aliphatic carbocycles. The highest BCUT2D eigenvalue weighted by Crippen LogP contribution is 2.54. The standard InChI is InChI=1S/C50H64N2O19S4/c1-7-51-40-14-12-36-38(29-34(72(55,56)57)31-42(36)74(61,62)63)47(40)49(3,4)44(51)27-33(2)28-45-50(5,16-18-68-21-22-70-25-26-71-24-23-69-20-19-67-6)48-39-30-35(73(58,59)60)32-43(75(64,65)66)37(39)13-15-41(48)52(45)17-10-8-9-11-46(53)54/h12-15,27-32H,7-11,16-26H2,1-6H3,(H4-,53,54,55,56,57,58,59,60,61,62,63,64,65,66)/p-3. The lowest BCUT2D eigenvalue weighted by atomic mass is 9.76. The third-order valence-electron chi connectivity index (χ3n) is 13.4. The number of rotatable bonds is 28. The number of carbonyl (C=O) groups is 1. The smallest absolute Gasteiger partial charge is 0.303 e. The van der Waals surface area contributed by atoms with E-state index in [1.54, 1.807) is 26.2 Å². The number of anilines is 1. The van der Waals surface area contributed by atoms with Crippen LogP contribution in [-0.4, -0.2) is 153 Å². The molecular weight excluding hydrogens is 1060 g/mol. The van der Waals surface area contributed by atoms with Gasteiger partial charge in [0.1, 0.15) is 47.0 Å². The van der Waals surface area contributed by atoms with Crippen molar-refractivity contribution in [1.29, 1.82) is 0 Å². The van der Waals surface area contributed by atoms with E-state index in [2.05, 4.69) is 0 Å². The molecule has 1 N–H and O–H groups in total. The van der Waals surface area contributed by atoms with Crippen molar-refractivity contribution in [1.82, 2.24) is 0 Å². The van der Waals surface area contributed by atoms with Crippen molar-refractivity contribution in [2.45, 2.75) is 97.1 Å². The predicted octanol–water partition coefficient (Wildman–Crippen LogP) is 5.36. The van der Waals surface area contributed by atoms with Gasteiger partial charge in [-0.2, -0.15) is 4.58 Å². The Bertz CT molecular complexity index is 3390. The van der Waals surface area contributed by atoms with E-state index < -0.39 is 76.9 Å². The van der Waals surface area contributed by atoms with Crippen LogP contribution in [0.4, 0.5) is 11.4 Å². The Morgan fingerprint density at radius 2 is 1.15 bits per heavy atom. The Labute approximate surface area is 437 Å². The largest absolute Gasteiger partial charge is 0.744 e. The molecule has 0 aromatic heterocycles. The minimum atomic E-state index is -5.37. The van der Waals surface area contributed by atoms with Gasteiger partial charge in [-0.15, -0.1) is 0 Å². The summed E-state index contributed by atoms with van der Waals surface area (Å²) in [6, 6.07) is 9.25. The van der Waals surface area contributed by atoms with Gasteiger partial charge in [-0.3, -0.25) is 4.79 Å². The number of carboxylic acid groups (broad SMARTS) is 1. The molecular formula is C50H61N2O19S4-3. The van der Waals surface area contributed by atoms with Gasteiger partial charge in [0.05, 0.1) is 77.9 Å². The summed E-state index contributed by atoms with van der Waals surface area (Å²) in [5.41, 5.74) is 1.46. The van der Waals surface area contributed by atoms with Crippen LogP contribution >= 0.6 is 0 Å². The van der Waals surface area contributed by atoms with Gasteiger partial charge in [-0.05, 0) is 124 Å². The number of nitrogens with zero attached hydrogens (tertiary/aromatic N) is 2. The van der Waals surface area contributed by atoms with Gasteiger partial charge >= 0.3 is 5.97 Å². The summed E-state index contributed by atoms with van der Waals surface area (Å²) in [6.07, 6.45) is 5.09. The van der Waals surface area contributed by atoms with E-state index in [9.17, 15) is 61.8 Å². The second-order valence-corrected chi connectivity index (χ2v) is 24.3. The van der Waals surface area contributed by atoms with Gasteiger partial charge in [0.2, 0.25) is 5.69 Å². The highest BCUT2D eigenvalue weighted by Gasteiger charge is 2.47. The molecule has 2 aliphatic rings. The Balaban J connectivity index is 1.47. The van der Waals surface area contributed by atoms with Gasteiger partial charge < -0.3 is 51.9 Å². The number of benzene rings is 4. The second kappa shape index (κ2) is 23.9. The number of ether oxygens (including phenoxy) is 5. The van der Waals surface area contributed by atoms with E-state index in [1.807, 2.05) is 49.3 Å². The quantitative estimate of drug-likeness (QED) is 0.0425. The number of methoxy groups -OCH3 is 1. The van der Waals surface area contributed by atoms with E-state index in [1.165, 1.54) is 12.1 Å². The molecule has 1 unspecified atom stereocenters. The van der Waals surface area contributed by atoms with Crippen LogP contribution in [0.25, 0.3) is 21.5 Å². The van der Waals surface area contributed by atoms with E-state index in [0.29, 0.717) is 110 Å². The van der Waals surface area contributed by atoms with E-state index >= 15 is 0 Å². The van der Waals surface area contributed by atoms with Crippen LogP contribution in [0.5, 0.6) is 0 Å². The lowest BCUT2D eigenvalue weighted by Crippen LogP contribution is -2.31. The first-order chi connectivity index (χ1) is 35.1. The molecule has 1 atom stereocenters. The van der Waals surface area contributed by atoms with E-state index in [0.717, 1.165) is 12.1 Å². The molecule has 0 radical (unpaired) electrons. The molecule has 0 saturated heterocycles. The van der Waals surface area contributed by atoms with E-state index in [-0.39, 0.29) is 67.4 Å². The van der Waals surface area contributed by atoms with Crippen LogP contribution in [0, 0.1) is 0 Å². The summed E-state index contributed by atoms with van der Waals surface area (Å²) in [7, 11) is -19.6. The van der Waals surface area contributed by atoms with Crippen molar-refractivity contribution in [3.05, 3.63) is 83.1 Å². The molecule has 4 aromatic carbocycles. The molecule has 0 amide bonds. The van der Waals surface area contributed by atoms with Crippen molar-refractivity contribution in [3.8, 4) is 0 Å². The zero-order valence-electron chi connectivity index (χ0n) is 42.4. The van der Waals surface area contributed by atoms with Crippen LogP contribution in [0.3, 0.4) is 0 Å². The fourth-order valence-corrected chi connectivity index (χ4v) is 12.6. The lowest BCUT2D eigenvalue weighted by molar-refractivity contribution is -0.433. The van der Waals surface area contributed by atoms with Gasteiger partial charge in [0.25, 0.3) is 0 Å². The van der Waals surface area contributed by atoms with Gasteiger partial charge in [-0.25, -0.2) is 33.7 Å². The molecule has 0 saturated carbocycles. The number of hydrogen-bond acceptors (Lipinski definition) is 19. The number of aliphatic carboxylic acids is 1. The molecule has 2 aliphatic heterocycles. The van der Waals surface area contributed by atoms with Crippen LogP contribution in [0.15, 0.2) is 91.5 Å². The summed E-state index contributed by atoms with van der Waals surface area (Å²) in [4.78, 5) is 9.79. The van der Waals surface area contributed by atoms with Crippen LogP contribution in [0.1, 0.15) is 77.8 Å². The maximum absolute atomic E-state index is 12.8. The Morgan fingerprint density at radius 3 is 1.63 bits per heavy atom. The first-order valence-electron chi connectivity index (χ1n) is 24.0. The van der Waals surface area contributed by atoms with Gasteiger partial charge in [-0.1, -0.05) is 12.5 Å². The molecule has 0 bridgehead atoms. The topological polar surface area (TPSA) is 318 Å². The predicted molar refractivity (Wildman–Crippen MR) is 271 cm³/mol. The van der Waals surface area contributed by atoms with Crippen LogP contribution in [0.2, 0.25) is 0 Å². The zero-order chi connectivity index (χ0) is 55.3.